The molecule has 0 N–H and O–H groups in total. The van der Waals surface area contributed by atoms with E-state index in [9.17, 15) is 4.79 Å². The summed E-state index contributed by atoms with van der Waals surface area (Å²) in [6, 6.07) is 14.7. The third-order valence-electron chi connectivity index (χ3n) is 4.24. The Morgan fingerprint density at radius 3 is 2.77 bits per heavy atom. The molecular weight excluding hydrogens is 521 g/mol. The molecule has 0 atom stereocenters. The molecule has 30 heavy (non-hydrogen) atoms. The lowest BCUT2D eigenvalue weighted by Gasteiger charge is -2.14. The fraction of sp³-hybridized carbons (Fsp3) is 0.0909. The van der Waals surface area contributed by atoms with Crippen LogP contribution in [0.1, 0.15) is 16.9 Å². The van der Waals surface area contributed by atoms with Crippen LogP contribution in [0.4, 0.5) is 0 Å². The van der Waals surface area contributed by atoms with Gasteiger partial charge in [-0.15, -0.1) is 0 Å². The van der Waals surface area contributed by atoms with Crippen LogP contribution in [0.15, 0.2) is 69.9 Å². The van der Waals surface area contributed by atoms with E-state index in [-0.39, 0.29) is 11.6 Å². The van der Waals surface area contributed by atoms with Gasteiger partial charge in [0.2, 0.25) is 0 Å². The maximum atomic E-state index is 12.1. The highest BCUT2D eigenvalue weighted by Crippen LogP contribution is 2.38. The number of halogens is 2. The molecule has 1 aliphatic heterocycles. The van der Waals surface area contributed by atoms with Crippen LogP contribution in [-0.2, 0) is 16.1 Å². The van der Waals surface area contributed by atoms with Gasteiger partial charge in [-0.3, -0.25) is 0 Å². The summed E-state index contributed by atoms with van der Waals surface area (Å²) in [4.78, 5) is 16.3. The zero-order valence-electron chi connectivity index (χ0n) is 15.7. The number of cyclic esters (lactones) is 1. The van der Waals surface area contributed by atoms with Crippen LogP contribution in [0.2, 0.25) is 5.02 Å². The number of furan rings is 1. The first kappa shape index (κ1) is 20.5. The maximum Gasteiger partial charge on any atom is 0.363 e. The topological polar surface area (TPSA) is 70.3 Å². The Hall–Kier alpha value is -2.78. The SMILES string of the molecule is COc1cc(/C=C2\N=C(c3ccco3)OC2=O)cc(Cl)c1OCc1ccccc1I. The Morgan fingerprint density at radius 2 is 2.03 bits per heavy atom. The van der Waals surface area contributed by atoms with Crippen LogP contribution in [0.3, 0.4) is 0 Å². The number of benzene rings is 2. The second-order valence-electron chi connectivity index (χ2n) is 6.23. The minimum atomic E-state index is -0.574. The summed E-state index contributed by atoms with van der Waals surface area (Å²) in [7, 11) is 1.53. The van der Waals surface area contributed by atoms with Gasteiger partial charge in [0.25, 0.3) is 5.90 Å². The monoisotopic (exact) mass is 535 g/mol. The Kier molecular flexibility index (Phi) is 6.10. The van der Waals surface area contributed by atoms with E-state index in [1.54, 1.807) is 30.3 Å². The van der Waals surface area contributed by atoms with E-state index in [1.165, 1.54) is 13.4 Å². The van der Waals surface area contributed by atoms with Crippen LogP contribution in [0.25, 0.3) is 6.08 Å². The molecule has 0 saturated carbocycles. The lowest BCUT2D eigenvalue weighted by Crippen LogP contribution is -2.04. The van der Waals surface area contributed by atoms with Crippen molar-refractivity contribution in [1.29, 1.82) is 0 Å². The van der Waals surface area contributed by atoms with Crippen molar-refractivity contribution in [2.75, 3.05) is 7.11 Å². The van der Waals surface area contributed by atoms with E-state index in [1.807, 2.05) is 24.3 Å². The normalized spacial score (nSPS) is 14.6. The first-order valence-corrected chi connectivity index (χ1v) is 10.3. The molecular formula is C22H15ClINO5. The number of methoxy groups -OCH3 is 1. The molecule has 8 heteroatoms. The van der Waals surface area contributed by atoms with E-state index in [0.29, 0.717) is 34.5 Å². The Bertz CT molecular complexity index is 1150. The molecule has 0 unspecified atom stereocenters. The number of rotatable bonds is 6. The molecule has 2 aromatic carbocycles. The highest BCUT2D eigenvalue weighted by atomic mass is 127. The average molecular weight is 536 g/mol. The minimum absolute atomic E-state index is 0.117. The third-order valence-corrected chi connectivity index (χ3v) is 5.57. The van der Waals surface area contributed by atoms with Crippen LogP contribution in [0, 0.1) is 3.57 Å². The van der Waals surface area contributed by atoms with E-state index < -0.39 is 5.97 Å². The average Bonchev–Trinajstić information content (AvgIpc) is 3.38. The molecule has 152 valence electrons. The fourth-order valence-corrected chi connectivity index (χ4v) is 3.62. The molecule has 0 amide bonds. The van der Waals surface area contributed by atoms with Crippen LogP contribution >= 0.6 is 34.2 Å². The Morgan fingerprint density at radius 1 is 1.20 bits per heavy atom. The minimum Gasteiger partial charge on any atom is -0.493 e. The molecule has 2 heterocycles. The molecule has 0 radical (unpaired) electrons. The highest BCUT2D eigenvalue weighted by molar-refractivity contribution is 14.1. The Labute approximate surface area is 191 Å². The van der Waals surface area contributed by atoms with Crippen LogP contribution in [0.5, 0.6) is 11.5 Å². The van der Waals surface area contributed by atoms with Gasteiger partial charge in [0.1, 0.15) is 6.61 Å². The van der Waals surface area contributed by atoms with Gasteiger partial charge in [0.05, 0.1) is 18.4 Å². The van der Waals surface area contributed by atoms with Gasteiger partial charge in [-0.2, -0.15) is 0 Å². The van der Waals surface area contributed by atoms with Gasteiger partial charge in [-0.05, 0) is 64.6 Å². The lowest BCUT2D eigenvalue weighted by molar-refractivity contribution is -0.130. The lowest BCUT2D eigenvalue weighted by atomic mass is 10.1. The summed E-state index contributed by atoms with van der Waals surface area (Å²) >= 11 is 8.70. The highest BCUT2D eigenvalue weighted by Gasteiger charge is 2.26. The zero-order valence-corrected chi connectivity index (χ0v) is 18.6. The van der Waals surface area contributed by atoms with Gasteiger partial charge in [0.15, 0.2) is 23.0 Å². The van der Waals surface area contributed by atoms with Crippen molar-refractivity contribution in [2.24, 2.45) is 4.99 Å². The number of nitrogens with zero attached hydrogens (tertiary/aromatic N) is 1. The molecule has 3 aromatic rings. The number of esters is 1. The largest absolute Gasteiger partial charge is 0.493 e. The van der Waals surface area contributed by atoms with Crippen molar-refractivity contribution in [3.05, 3.63) is 86.0 Å². The number of carbonyl (C=O) groups is 1. The quantitative estimate of drug-likeness (QED) is 0.238. The molecule has 6 nitrogen and oxygen atoms in total. The van der Waals surface area contributed by atoms with Gasteiger partial charge in [-0.25, -0.2) is 9.79 Å². The van der Waals surface area contributed by atoms with Crippen LogP contribution < -0.4 is 9.47 Å². The second-order valence-corrected chi connectivity index (χ2v) is 7.80. The van der Waals surface area contributed by atoms with E-state index in [4.69, 9.17) is 30.2 Å². The van der Waals surface area contributed by atoms with E-state index in [2.05, 4.69) is 27.6 Å². The molecule has 0 bridgehead atoms. The fourth-order valence-electron chi connectivity index (χ4n) is 2.80. The number of aliphatic imine (C=N–C) groups is 1. The number of ether oxygens (including phenoxy) is 3. The number of hydrogen-bond donors (Lipinski definition) is 0. The van der Waals surface area contributed by atoms with Crippen molar-refractivity contribution >= 4 is 52.1 Å². The molecule has 0 aliphatic carbocycles. The standard InChI is InChI=1S/C22H15ClINO5/c1-27-19-11-13(10-17-22(26)30-21(25-17)18-7-4-8-28-18)9-15(23)20(19)29-12-14-5-2-3-6-16(14)24/h2-11H,12H2,1H3/b17-10-. The molecule has 0 fully saturated rings. The summed E-state index contributed by atoms with van der Waals surface area (Å²) in [5.41, 5.74) is 1.79. The summed E-state index contributed by atoms with van der Waals surface area (Å²) in [5.74, 6) is 0.792. The van der Waals surface area contributed by atoms with Crippen molar-refractivity contribution in [3.63, 3.8) is 0 Å². The molecule has 0 saturated heterocycles. The molecule has 4 rings (SSSR count). The van der Waals surface area contributed by atoms with E-state index >= 15 is 0 Å². The van der Waals surface area contributed by atoms with Crippen molar-refractivity contribution in [3.8, 4) is 11.5 Å². The van der Waals surface area contributed by atoms with Crippen LogP contribution in [-0.4, -0.2) is 19.0 Å². The summed E-state index contributed by atoms with van der Waals surface area (Å²) in [6.45, 7) is 0.346. The first-order chi connectivity index (χ1) is 14.5. The summed E-state index contributed by atoms with van der Waals surface area (Å²) < 4.78 is 22.8. The summed E-state index contributed by atoms with van der Waals surface area (Å²) in [5, 5.41) is 0.355. The van der Waals surface area contributed by atoms with Gasteiger partial charge < -0.3 is 18.6 Å². The van der Waals surface area contributed by atoms with Gasteiger partial charge in [0, 0.05) is 9.13 Å². The smallest absolute Gasteiger partial charge is 0.363 e. The molecule has 1 aliphatic rings. The molecule has 0 spiro atoms. The zero-order chi connectivity index (χ0) is 21.1. The van der Waals surface area contributed by atoms with Crippen molar-refractivity contribution in [2.45, 2.75) is 6.61 Å². The first-order valence-electron chi connectivity index (χ1n) is 8.85. The predicted octanol–water partition coefficient (Wildman–Crippen LogP) is 5.47. The van der Waals surface area contributed by atoms with Crippen molar-refractivity contribution < 1.29 is 23.4 Å². The van der Waals surface area contributed by atoms with Crippen molar-refractivity contribution in [1.82, 2.24) is 0 Å². The third kappa shape index (κ3) is 4.36. The Balaban J connectivity index is 1.60. The van der Waals surface area contributed by atoms with E-state index in [0.717, 1.165) is 9.13 Å². The number of hydrogen-bond acceptors (Lipinski definition) is 6. The second kappa shape index (κ2) is 8.93. The summed E-state index contributed by atoms with van der Waals surface area (Å²) in [6.07, 6.45) is 3.05. The predicted molar refractivity (Wildman–Crippen MR) is 121 cm³/mol. The van der Waals surface area contributed by atoms with Gasteiger partial charge >= 0.3 is 5.97 Å². The molecule has 1 aromatic heterocycles. The number of carbonyl (C=O) groups excluding carboxylic acids is 1. The maximum absolute atomic E-state index is 12.1. The van der Waals surface area contributed by atoms with Gasteiger partial charge in [-0.1, -0.05) is 29.8 Å².